The Balaban J connectivity index is 2.05. The van der Waals surface area contributed by atoms with Crippen LogP contribution < -0.4 is 10.1 Å². The lowest BCUT2D eigenvalue weighted by atomic mass is 9.87. The molecular weight excluding hydrogens is 262 g/mol. The van der Waals surface area contributed by atoms with Gasteiger partial charge in [-0.2, -0.15) is 0 Å². The first-order chi connectivity index (χ1) is 10.2. The van der Waals surface area contributed by atoms with Gasteiger partial charge < -0.3 is 14.8 Å². The molecule has 0 amide bonds. The molecule has 3 nitrogen and oxygen atoms in total. The zero-order chi connectivity index (χ0) is 15.1. The van der Waals surface area contributed by atoms with E-state index in [9.17, 15) is 0 Å². The first kappa shape index (κ1) is 16.3. The minimum absolute atomic E-state index is 0.189. The summed E-state index contributed by atoms with van der Waals surface area (Å²) in [5, 5.41) is 3.67. The smallest absolute Gasteiger partial charge is 0.120 e. The van der Waals surface area contributed by atoms with E-state index in [1.165, 1.54) is 36.8 Å². The fraction of sp³-hybridized carbons (Fsp3) is 0.667. The molecule has 0 spiro atoms. The number of aryl methyl sites for hydroxylation is 1. The number of ether oxygens (including phenoxy) is 2. The third-order valence-electron chi connectivity index (χ3n) is 4.14. The van der Waals surface area contributed by atoms with Gasteiger partial charge in [0.05, 0.1) is 6.10 Å². The highest BCUT2D eigenvalue weighted by Gasteiger charge is 2.20. The molecule has 0 aromatic heterocycles. The second-order valence-electron chi connectivity index (χ2n) is 5.97. The summed E-state index contributed by atoms with van der Waals surface area (Å²) in [6, 6.07) is 7.09. The summed E-state index contributed by atoms with van der Waals surface area (Å²) >= 11 is 0. The molecule has 0 radical (unpaired) electrons. The Morgan fingerprint density at radius 2 is 2.24 bits per heavy atom. The zero-order valence-electron chi connectivity index (χ0n) is 13.7. The zero-order valence-corrected chi connectivity index (χ0v) is 13.7. The van der Waals surface area contributed by atoms with Gasteiger partial charge in [-0.25, -0.2) is 0 Å². The molecule has 3 heteroatoms. The molecule has 0 saturated carbocycles. The van der Waals surface area contributed by atoms with Gasteiger partial charge in [0.25, 0.3) is 0 Å². The van der Waals surface area contributed by atoms with Crippen LogP contribution in [0, 0.1) is 0 Å². The Morgan fingerprint density at radius 3 is 3.00 bits per heavy atom. The van der Waals surface area contributed by atoms with Crippen LogP contribution in [0.5, 0.6) is 5.75 Å². The fourth-order valence-corrected chi connectivity index (χ4v) is 2.96. The van der Waals surface area contributed by atoms with Crippen LogP contribution in [0.3, 0.4) is 0 Å². The van der Waals surface area contributed by atoms with Crippen molar-refractivity contribution in [2.45, 2.75) is 58.1 Å². The predicted molar refractivity (Wildman–Crippen MR) is 87.0 cm³/mol. The first-order valence-electron chi connectivity index (χ1n) is 8.26. The Labute approximate surface area is 129 Å². The molecule has 0 heterocycles. The van der Waals surface area contributed by atoms with Crippen LogP contribution >= 0.6 is 0 Å². The van der Waals surface area contributed by atoms with E-state index in [1.54, 1.807) is 7.11 Å². The van der Waals surface area contributed by atoms with Crippen LogP contribution in [0.2, 0.25) is 0 Å². The van der Waals surface area contributed by atoms with Crippen molar-refractivity contribution >= 4 is 0 Å². The summed E-state index contributed by atoms with van der Waals surface area (Å²) in [7, 11) is 1.73. The van der Waals surface area contributed by atoms with Crippen LogP contribution in [0.1, 0.15) is 56.7 Å². The van der Waals surface area contributed by atoms with Crippen LogP contribution in [-0.2, 0) is 11.2 Å². The van der Waals surface area contributed by atoms with E-state index in [-0.39, 0.29) is 6.10 Å². The lowest BCUT2D eigenvalue weighted by molar-refractivity contribution is 0.135. The highest BCUT2D eigenvalue weighted by atomic mass is 16.5. The summed E-state index contributed by atoms with van der Waals surface area (Å²) in [4.78, 5) is 0. The fourth-order valence-electron chi connectivity index (χ4n) is 2.96. The quantitative estimate of drug-likeness (QED) is 0.788. The molecule has 1 aliphatic carbocycles. The Morgan fingerprint density at radius 1 is 1.38 bits per heavy atom. The van der Waals surface area contributed by atoms with Gasteiger partial charge >= 0.3 is 0 Å². The topological polar surface area (TPSA) is 30.5 Å². The Hall–Kier alpha value is -1.06. The average Bonchev–Trinajstić information content (AvgIpc) is 2.51. The van der Waals surface area contributed by atoms with E-state index in [2.05, 4.69) is 37.4 Å². The number of hydrogen-bond donors (Lipinski definition) is 1. The molecule has 1 aliphatic rings. The Bertz CT molecular complexity index is 433. The van der Waals surface area contributed by atoms with Crippen molar-refractivity contribution in [3.63, 3.8) is 0 Å². The maximum atomic E-state index is 6.03. The summed E-state index contributed by atoms with van der Waals surface area (Å²) in [5.41, 5.74) is 2.91. The van der Waals surface area contributed by atoms with E-state index in [1.807, 2.05) is 0 Å². The third-order valence-corrected chi connectivity index (χ3v) is 4.14. The first-order valence-corrected chi connectivity index (χ1v) is 8.26. The maximum Gasteiger partial charge on any atom is 0.120 e. The van der Waals surface area contributed by atoms with Crippen LogP contribution in [0.15, 0.2) is 18.2 Å². The SMILES string of the molecule is CCCNC1CCCc2ccc(OC(C)CCOC)cc21. The summed E-state index contributed by atoms with van der Waals surface area (Å²) in [6.07, 6.45) is 5.99. The largest absolute Gasteiger partial charge is 0.491 e. The number of fused-ring (bicyclic) bond motifs is 1. The van der Waals surface area contributed by atoms with Crippen molar-refractivity contribution in [1.29, 1.82) is 0 Å². The van der Waals surface area contributed by atoms with Crippen molar-refractivity contribution in [3.8, 4) is 5.75 Å². The maximum absolute atomic E-state index is 6.03. The van der Waals surface area contributed by atoms with Gasteiger partial charge in [0.2, 0.25) is 0 Å². The molecule has 1 aromatic carbocycles. The third kappa shape index (κ3) is 4.72. The second kappa shape index (κ2) is 8.40. The van der Waals surface area contributed by atoms with Gasteiger partial charge in [-0.15, -0.1) is 0 Å². The molecule has 0 bridgehead atoms. The van der Waals surface area contributed by atoms with E-state index < -0.39 is 0 Å². The van der Waals surface area contributed by atoms with Crippen LogP contribution in [0.25, 0.3) is 0 Å². The van der Waals surface area contributed by atoms with Gasteiger partial charge in [0.1, 0.15) is 5.75 Å². The van der Waals surface area contributed by atoms with Gasteiger partial charge in [0, 0.05) is 26.2 Å². The lowest BCUT2D eigenvalue weighted by Crippen LogP contribution is -2.26. The van der Waals surface area contributed by atoms with E-state index in [0.717, 1.165) is 25.3 Å². The molecule has 1 aromatic rings. The molecule has 118 valence electrons. The lowest BCUT2D eigenvalue weighted by Gasteiger charge is -2.27. The summed E-state index contributed by atoms with van der Waals surface area (Å²) in [5.74, 6) is 0.988. The number of benzene rings is 1. The highest BCUT2D eigenvalue weighted by molar-refractivity contribution is 5.39. The van der Waals surface area contributed by atoms with Crippen molar-refractivity contribution in [1.82, 2.24) is 5.32 Å². The summed E-state index contributed by atoms with van der Waals surface area (Å²) in [6.45, 7) is 6.14. The van der Waals surface area contributed by atoms with Gasteiger partial charge in [0.15, 0.2) is 0 Å². The summed E-state index contributed by atoms with van der Waals surface area (Å²) < 4.78 is 11.1. The molecular formula is C18H29NO2. The normalized spacial score (nSPS) is 19.1. The van der Waals surface area contributed by atoms with Crippen molar-refractivity contribution in [2.24, 2.45) is 0 Å². The molecule has 2 atom stereocenters. The Kier molecular flexibility index (Phi) is 6.52. The van der Waals surface area contributed by atoms with E-state index >= 15 is 0 Å². The molecule has 21 heavy (non-hydrogen) atoms. The number of rotatable bonds is 8. The average molecular weight is 291 g/mol. The van der Waals surface area contributed by atoms with Crippen molar-refractivity contribution < 1.29 is 9.47 Å². The number of methoxy groups -OCH3 is 1. The van der Waals surface area contributed by atoms with E-state index in [0.29, 0.717) is 6.04 Å². The van der Waals surface area contributed by atoms with Crippen molar-refractivity contribution in [2.75, 3.05) is 20.3 Å². The van der Waals surface area contributed by atoms with Gasteiger partial charge in [-0.1, -0.05) is 13.0 Å². The van der Waals surface area contributed by atoms with Crippen molar-refractivity contribution in [3.05, 3.63) is 29.3 Å². The minimum Gasteiger partial charge on any atom is -0.491 e. The number of hydrogen-bond acceptors (Lipinski definition) is 3. The standard InChI is InChI=1S/C18H29NO2/c1-4-11-19-18-7-5-6-15-8-9-16(13-17(15)18)21-14(2)10-12-20-3/h8-9,13-14,18-19H,4-7,10-12H2,1-3H3. The molecule has 2 unspecified atom stereocenters. The number of nitrogens with one attached hydrogen (secondary N) is 1. The van der Waals surface area contributed by atoms with E-state index in [4.69, 9.17) is 9.47 Å². The predicted octanol–water partition coefficient (Wildman–Crippen LogP) is 3.87. The van der Waals surface area contributed by atoms with Gasteiger partial charge in [-0.3, -0.25) is 0 Å². The minimum atomic E-state index is 0.189. The van der Waals surface area contributed by atoms with Crippen LogP contribution in [-0.4, -0.2) is 26.4 Å². The monoisotopic (exact) mass is 291 g/mol. The molecule has 0 saturated heterocycles. The highest BCUT2D eigenvalue weighted by Crippen LogP contribution is 2.32. The molecule has 0 fully saturated rings. The molecule has 2 rings (SSSR count). The molecule has 1 N–H and O–H groups in total. The van der Waals surface area contributed by atoms with Crippen LogP contribution in [0.4, 0.5) is 0 Å². The second-order valence-corrected chi connectivity index (χ2v) is 5.97. The molecule has 0 aliphatic heterocycles. The van der Waals surface area contributed by atoms with Gasteiger partial charge in [-0.05, 0) is 62.4 Å².